The molecule has 1 heterocycles. The van der Waals surface area contributed by atoms with Gasteiger partial charge < -0.3 is 15.4 Å². The van der Waals surface area contributed by atoms with E-state index < -0.39 is 0 Å². The number of hydrogen-bond acceptors (Lipinski definition) is 3. The maximum Gasteiger partial charge on any atom is 0.226 e. The summed E-state index contributed by atoms with van der Waals surface area (Å²) in [4.78, 5) is 14.4. The topological polar surface area (TPSA) is 55.6 Å². The van der Waals surface area contributed by atoms with Gasteiger partial charge in [0, 0.05) is 24.7 Å². The van der Waals surface area contributed by atoms with Gasteiger partial charge in [-0.1, -0.05) is 48.5 Å². The van der Waals surface area contributed by atoms with E-state index in [9.17, 15) is 4.79 Å². The second-order valence-corrected chi connectivity index (χ2v) is 6.43. The summed E-state index contributed by atoms with van der Waals surface area (Å²) in [7, 11) is 0. The van der Waals surface area contributed by atoms with E-state index in [4.69, 9.17) is 10.5 Å². The summed E-state index contributed by atoms with van der Waals surface area (Å²) < 4.78 is 5.94. The Bertz CT molecular complexity index is 687. The van der Waals surface area contributed by atoms with E-state index >= 15 is 0 Å². The average molecular weight is 338 g/mol. The average Bonchev–Trinajstić information content (AvgIpc) is 2.69. The first-order chi connectivity index (χ1) is 12.3. The van der Waals surface area contributed by atoms with Gasteiger partial charge in [0.2, 0.25) is 5.91 Å². The highest BCUT2D eigenvalue weighted by molar-refractivity contribution is 5.77. The lowest BCUT2D eigenvalue weighted by Gasteiger charge is -2.35. The van der Waals surface area contributed by atoms with Gasteiger partial charge in [0.1, 0.15) is 5.75 Å². The van der Waals surface area contributed by atoms with E-state index in [-0.39, 0.29) is 11.9 Å². The van der Waals surface area contributed by atoms with Crippen LogP contribution in [-0.2, 0) is 4.79 Å². The molecule has 4 heteroatoms. The van der Waals surface area contributed by atoms with Gasteiger partial charge in [-0.05, 0) is 30.9 Å². The second kappa shape index (κ2) is 8.67. The number of rotatable bonds is 6. The minimum absolute atomic E-state index is 0.146. The summed E-state index contributed by atoms with van der Waals surface area (Å²) >= 11 is 0. The lowest BCUT2D eigenvalue weighted by Crippen LogP contribution is -2.47. The fourth-order valence-electron chi connectivity index (χ4n) is 3.41. The van der Waals surface area contributed by atoms with Crippen molar-refractivity contribution in [1.29, 1.82) is 0 Å². The number of likely N-dealkylation sites (tertiary alicyclic amines) is 1. The Morgan fingerprint density at radius 2 is 1.84 bits per heavy atom. The van der Waals surface area contributed by atoms with Gasteiger partial charge in [0.25, 0.3) is 0 Å². The first kappa shape index (κ1) is 17.5. The third-order valence-electron chi connectivity index (χ3n) is 4.76. The first-order valence-corrected chi connectivity index (χ1v) is 9.06. The number of benzene rings is 2. The highest BCUT2D eigenvalue weighted by atomic mass is 16.5. The Morgan fingerprint density at radius 3 is 2.64 bits per heavy atom. The number of para-hydroxylation sites is 1. The molecule has 1 atom stereocenters. The Labute approximate surface area is 149 Å². The van der Waals surface area contributed by atoms with Crippen LogP contribution in [0, 0.1) is 0 Å². The predicted molar refractivity (Wildman–Crippen MR) is 100 cm³/mol. The van der Waals surface area contributed by atoms with Crippen molar-refractivity contribution in [3.63, 3.8) is 0 Å². The van der Waals surface area contributed by atoms with E-state index in [1.54, 1.807) is 0 Å². The molecule has 0 aromatic heterocycles. The van der Waals surface area contributed by atoms with Gasteiger partial charge in [-0.3, -0.25) is 4.79 Å². The van der Waals surface area contributed by atoms with E-state index in [0.717, 1.165) is 42.7 Å². The molecule has 25 heavy (non-hydrogen) atoms. The van der Waals surface area contributed by atoms with Crippen LogP contribution in [0.25, 0.3) is 11.1 Å². The molecule has 0 aliphatic carbocycles. The molecule has 1 aliphatic rings. The number of ether oxygens (including phenoxy) is 1. The van der Waals surface area contributed by atoms with Crippen LogP contribution in [0.4, 0.5) is 0 Å². The molecule has 132 valence electrons. The normalized spacial score (nSPS) is 17.3. The molecule has 0 radical (unpaired) electrons. The lowest BCUT2D eigenvalue weighted by atomic mass is 10.0. The van der Waals surface area contributed by atoms with Gasteiger partial charge in [-0.15, -0.1) is 0 Å². The van der Waals surface area contributed by atoms with Crippen LogP contribution in [0.2, 0.25) is 0 Å². The van der Waals surface area contributed by atoms with Crippen molar-refractivity contribution >= 4 is 5.91 Å². The third-order valence-corrected chi connectivity index (χ3v) is 4.76. The summed E-state index contributed by atoms with van der Waals surface area (Å²) in [5.41, 5.74) is 7.97. The molecule has 4 nitrogen and oxygen atoms in total. The van der Waals surface area contributed by atoms with Crippen LogP contribution in [-0.4, -0.2) is 36.5 Å². The van der Waals surface area contributed by atoms with E-state index in [1.165, 1.54) is 0 Å². The van der Waals surface area contributed by atoms with Crippen LogP contribution >= 0.6 is 0 Å². The molecule has 2 N–H and O–H groups in total. The molecule has 0 spiro atoms. The van der Waals surface area contributed by atoms with Crippen molar-refractivity contribution in [1.82, 2.24) is 4.90 Å². The molecule has 1 unspecified atom stereocenters. The highest BCUT2D eigenvalue weighted by Gasteiger charge is 2.25. The fraction of sp³-hybridized carbons (Fsp3) is 0.381. The highest BCUT2D eigenvalue weighted by Crippen LogP contribution is 2.29. The van der Waals surface area contributed by atoms with Crippen molar-refractivity contribution in [2.45, 2.75) is 31.7 Å². The molecule has 1 aliphatic heterocycles. The number of nitrogens with zero attached hydrogens (tertiary/aromatic N) is 1. The zero-order valence-electron chi connectivity index (χ0n) is 14.6. The number of amides is 1. The number of hydrogen-bond donors (Lipinski definition) is 1. The smallest absolute Gasteiger partial charge is 0.226 e. The molecule has 1 amide bonds. The van der Waals surface area contributed by atoms with Crippen LogP contribution < -0.4 is 10.5 Å². The minimum Gasteiger partial charge on any atom is -0.492 e. The third kappa shape index (κ3) is 4.40. The van der Waals surface area contributed by atoms with Crippen molar-refractivity contribution in [3.05, 3.63) is 54.6 Å². The monoisotopic (exact) mass is 338 g/mol. The quantitative estimate of drug-likeness (QED) is 0.877. The van der Waals surface area contributed by atoms with Gasteiger partial charge in [0.05, 0.1) is 13.0 Å². The largest absolute Gasteiger partial charge is 0.492 e. The molecule has 2 aromatic carbocycles. The van der Waals surface area contributed by atoms with Gasteiger partial charge in [-0.2, -0.15) is 0 Å². The number of nitrogens with two attached hydrogens (primary N) is 1. The molecule has 0 saturated carbocycles. The molecular weight excluding hydrogens is 312 g/mol. The Balaban J connectivity index is 1.60. The summed E-state index contributed by atoms with van der Waals surface area (Å²) in [5, 5.41) is 0. The number of piperidine rings is 1. The molecule has 2 aromatic rings. The Kier molecular flexibility index (Phi) is 6.07. The maximum atomic E-state index is 12.5. The maximum absolute atomic E-state index is 12.5. The zero-order valence-corrected chi connectivity index (χ0v) is 14.6. The van der Waals surface area contributed by atoms with Crippen molar-refractivity contribution in [2.24, 2.45) is 5.73 Å². The number of carbonyl (C=O) groups excluding carboxylic acids is 1. The number of carbonyl (C=O) groups is 1. The van der Waals surface area contributed by atoms with Crippen LogP contribution in [0.5, 0.6) is 5.75 Å². The second-order valence-electron chi connectivity index (χ2n) is 6.43. The predicted octanol–water partition coefficient (Wildman–Crippen LogP) is 3.46. The molecule has 3 rings (SSSR count). The van der Waals surface area contributed by atoms with Crippen molar-refractivity contribution in [2.75, 3.05) is 19.7 Å². The Hall–Kier alpha value is -2.33. The minimum atomic E-state index is 0.146. The standard InChI is InChI=1S/C21H26N2O2/c22-16-18-10-6-7-14-23(18)21(24)13-15-25-20-12-5-4-11-19(20)17-8-2-1-3-9-17/h1-5,8-9,11-12,18H,6-7,10,13-16,22H2. The molecular formula is C21H26N2O2. The van der Waals surface area contributed by atoms with Gasteiger partial charge in [0.15, 0.2) is 0 Å². The van der Waals surface area contributed by atoms with Crippen molar-refractivity contribution < 1.29 is 9.53 Å². The summed E-state index contributed by atoms with van der Waals surface area (Å²) in [6, 6.07) is 18.3. The SMILES string of the molecule is NCC1CCCCN1C(=O)CCOc1ccccc1-c1ccccc1. The summed E-state index contributed by atoms with van der Waals surface area (Å²) in [5.74, 6) is 0.961. The van der Waals surface area contributed by atoms with Gasteiger partial charge >= 0.3 is 0 Å². The van der Waals surface area contributed by atoms with Crippen LogP contribution in [0.1, 0.15) is 25.7 Å². The van der Waals surface area contributed by atoms with Crippen LogP contribution in [0.3, 0.4) is 0 Å². The zero-order chi connectivity index (χ0) is 17.5. The van der Waals surface area contributed by atoms with Crippen molar-refractivity contribution in [3.8, 4) is 16.9 Å². The summed E-state index contributed by atoms with van der Waals surface area (Å²) in [6.07, 6.45) is 3.63. The first-order valence-electron chi connectivity index (χ1n) is 9.06. The molecule has 1 fully saturated rings. The summed E-state index contributed by atoms with van der Waals surface area (Å²) in [6.45, 7) is 1.75. The van der Waals surface area contributed by atoms with E-state index in [2.05, 4.69) is 12.1 Å². The van der Waals surface area contributed by atoms with E-state index in [0.29, 0.717) is 19.6 Å². The molecule has 0 bridgehead atoms. The van der Waals surface area contributed by atoms with E-state index in [1.807, 2.05) is 47.4 Å². The lowest BCUT2D eigenvalue weighted by molar-refractivity contribution is -0.135. The molecule has 1 saturated heterocycles. The Morgan fingerprint density at radius 1 is 1.08 bits per heavy atom. The van der Waals surface area contributed by atoms with Crippen LogP contribution in [0.15, 0.2) is 54.6 Å². The van der Waals surface area contributed by atoms with Gasteiger partial charge in [-0.25, -0.2) is 0 Å². The fourth-order valence-corrected chi connectivity index (χ4v) is 3.41.